The molecule has 4 nitrogen and oxygen atoms in total. The van der Waals surface area contributed by atoms with E-state index < -0.39 is 21.8 Å². The second-order valence-electron chi connectivity index (χ2n) is 5.19. The first-order chi connectivity index (χ1) is 9.70. The summed E-state index contributed by atoms with van der Waals surface area (Å²) in [6.45, 7) is 3.25. The zero-order valence-electron chi connectivity index (χ0n) is 11.4. The van der Waals surface area contributed by atoms with Crippen LogP contribution in [0.1, 0.15) is 18.9 Å². The van der Waals surface area contributed by atoms with E-state index in [0.29, 0.717) is 12.6 Å². The summed E-state index contributed by atoms with van der Waals surface area (Å²) >= 11 is 0. The molecule has 2 unspecified atom stereocenters. The number of hydrogen-bond acceptors (Lipinski definition) is 3. The molecule has 0 amide bonds. The van der Waals surface area contributed by atoms with Crippen LogP contribution in [0.25, 0.3) is 0 Å². The molecule has 2 atom stereocenters. The van der Waals surface area contributed by atoms with E-state index in [1.165, 1.54) is 0 Å². The molecule has 118 valence electrons. The molecule has 0 radical (unpaired) electrons. The average molecular weight is 322 g/mol. The molecule has 0 aromatic heterocycles. The first-order valence-corrected chi connectivity index (χ1v) is 8.09. The summed E-state index contributed by atoms with van der Waals surface area (Å²) < 4.78 is 64.7. The average Bonchev–Trinajstić information content (AvgIpc) is 2.91. The van der Waals surface area contributed by atoms with E-state index in [1.807, 2.05) is 0 Å². The molecule has 1 fully saturated rings. The van der Waals surface area contributed by atoms with Gasteiger partial charge >= 0.3 is 6.18 Å². The molecule has 0 aliphatic carbocycles. The summed E-state index contributed by atoms with van der Waals surface area (Å²) in [5, 5.41) is 3.12. The molecule has 1 aliphatic heterocycles. The maximum atomic E-state index is 12.6. The first-order valence-electron chi connectivity index (χ1n) is 6.60. The van der Waals surface area contributed by atoms with E-state index >= 15 is 0 Å². The molecule has 1 heterocycles. The Bertz CT molecular complexity index is 596. The van der Waals surface area contributed by atoms with E-state index in [-0.39, 0.29) is 16.9 Å². The fourth-order valence-corrected chi connectivity index (χ4v) is 3.71. The van der Waals surface area contributed by atoms with Crippen molar-refractivity contribution in [1.82, 2.24) is 10.0 Å². The van der Waals surface area contributed by atoms with Crippen LogP contribution in [0.2, 0.25) is 0 Å². The van der Waals surface area contributed by atoms with Crippen LogP contribution < -0.4 is 10.0 Å². The smallest absolute Gasteiger partial charge is 0.316 e. The van der Waals surface area contributed by atoms with Gasteiger partial charge in [0, 0.05) is 6.04 Å². The zero-order valence-corrected chi connectivity index (χ0v) is 12.3. The normalized spacial score (nSPS) is 21.4. The molecular formula is C13H17F3N2O2S. The highest BCUT2D eigenvalue weighted by molar-refractivity contribution is 7.89. The van der Waals surface area contributed by atoms with Crippen molar-refractivity contribution < 1.29 is 21.6 Å². The van der Waals surface area contributed by atoms with Crippen molar-refractivity contribution >= 4 is 10.0 Å². The maximum Gasteiger partial charge on any atom is 0.416 e. The van der Waals surface area contributed by atoms with Gasteiger partial charge in [-0.1, -0.05) is 6.07 Å². The van der Waals surface area contributed by atoms with Crippen molar-refractivity contribution in [2.45, 2.75) is 30.5 Å². The van der Waals surface area contributed by atoms with Crippen molar-refractivity contribution in [1.29, 1.82) is 0 Å². The SMILES string of the molecule is CC(NS(=O)(=O)c1cccc(C(F)(F)F)c1)C1CCNC1. The van der Waals surface area contributed by atoms with Crippen LogP contribution in [-0.4, -0.2) is 27.5 Å². The van der Waals surface area contributed by atoms with Crippen LogP contribution in [0, 0.1) is 5.92 Å². The number of halogens is 3. The lowest BCUT2D eigenvalue weighted by molar-refractivity contribution is -0.137. The van der Waals surface area contributed by atoms with Crippen molar-refractivity contribution in [3.05, 3.63) is 29.8 Å². The molecule has 1 aromatic carbocycles. The Labute approximate surface area is 121 Å². The van der Waals surface area contributed by atoms with Crippen molar-refractivity contribution in [2.75, 3.05) is 13.1 Å². The third-order valence-electron chi connectivity index (χ3n) is 3.62. The summed E-state index contributed by atoms with van der Waals surface area (Å²) in [5.41, 5.74) is -0.972. The number of alkyl halides is 3. The van der Waals surface area contributed by atoms with Gasteiger partial charge in [-0.15, -0.1) is 0 Å². The van der Waals surface area contributed by atoms with Crippen LogP contribution in [-0.2, 0) is 16.2 Å². The molecule has 0 spiro atoms. The molecular weight excluding hydrogens is 305 g/mol. The highest BCUT2D eigenvalue weighted by Crippen LogP contribution is 2.30. The molecule has 1 aromatic rings. The van der Waals surface area contributed by atoms with Gasteiger partial charge in [-0.25, -0.2) is 13.1 Å². The monoisotopic (exact) mass is 322 g/mol. The molecule has 2 rings (SSSR count). The summed E-state index contributed by atoms with van der Waals surface area (Å²) in [4.78, 5) is -0.366. The summed E-state index contributed by atoms with van der Waals surface area (Å²) in [6, 6.07) is 3.43. The molecule has 8 heteroatoms. The van der Waals surface area contributed by atoms with E-state index in [0.717, 1.165) is 31.2 Å². The van der Waals surface area contributed by atoms with Crippen molar-refractivity contribution in [3.63, 3.8) is 0 Å². The van der Waals surface area contributed by atoms with Gasteiger partial charge in [0.1, 0.15) is 0 Å². The minimum atomic E-state index is -4.56. The number of nitrogens with one attached hydrogen (secondary N) is 2. The van der Waals surface area contributed by atoms with Gasteiger partial charge in [0.25, 0.3) is 0 Å². The minimum Gasteiger partial charge on any atom is -0.316 e. The predicted molar refractivity (Wildman–Crippen MR) is 72.2 cm³/mol. The van der Waals surface area contributed by atoms with Gasteiger partial charge in [-0.05, 0) is 50.6 Å². The highest BCUT2D eigenvalue weighted by atomic mass is 32.2. The van der Waals surface area contributed by atoms with Crippen LogP contribution in [0.4, 0.5) is 13.2 Å². The third kappa shape index (κ3) is 3.96. The van der Waals surface area contributed by atoms with Crippen LogP contribution in [0.3, 0.4) is 0 Å². The summed E-state index contributed by atoms with van der Waals surface area (Å²) in [6.07, 6.45) is -3.72. The number of sulfonamides is 1. The topological polar surface area (TPSA) is 58.2 Å². The Hall–Kier alpha value is -1.12. The second-order valence-corrected chi connectivity index (χ2v) is 6.90. The van der Waals surface area contributed by atoms with Gasteiger partial charge in [0.2, 0.25) is 10.0 Å². The molecule has 1 aliphatic rings. The predicted octanol–water partition coefficient (Wildman–Crippen LogP) is 1.98. The molecule has 0 bridgehead atoms. The number of benzene rings is 1. The lowest BCUT2D eigenvalue weighted by Gasteiger charge is -2.20. The molecule has 2 N–H and O–H groups in total. The highest BCUT2D eigenvalue weighted by Gasteiger charge is 2.32. The van der Waals surface area contributed by atoms with Gasteiger partial charge < -0.3 is 5.32 Å². The zero-order chi connectivity index (χ0) is 15.7. The number of hydrogen-bond donors (Lipinski definition) is 2. The van der Waals surface area contributed by atoms with E-state index in [1.54, 1.807) is 6.92 Å². The van der Waals surface area contributed by atoms with Gasteiger partial charge in [-0.2, -0.15) is 13.2 Å². The van der Waals surface area contributed by atoms with Crippen molar-refractivity contribution in [2.24, 2.45) is 5.92 Å². The Morgan fingerprint density at radius 1 is 1.38 bits per heavy atom. The van der Waals surface area contributed by atoms with Gasteiger partial charge in [-0.3, -0.25) is 0 Å². The minimum absolute atomic E-state index is 0.144. The Morgan fingerprint density at radius 3 is 2.67 bits per heavy atom. The van der Waals surface area contributed by atoms with Crippen LogP contribution in [0.15, 0.2) is 29.2 Å². The fourth-order valence-electron chi connectivity index (χ4n) is 2.35. The van der Waals surface area contributed by atoms with Crippen molar-refractivity contribution in [3.8, 4) is 0 Å². The Morgan fingerprint density at radius 2 is 2.10 bits per heavy atom. The van der Waals surface area contributed by atoms with Gasteiger partial charge in [0.05, 0.1) is 10.5 Å². The maximum absolute atomic E-state index is 12.6. The van der Waals surface area contributed by atoms with Gasteiger partial charge in [0.15, 0.2) is 0 Å². The third-order valence-corrected chi connectivity index (χ3v) is 5.17. The standard InChI is InChI=1S/C13H17F3N2O2S/c1-9(10-5-6-17-8-10)18-21(19,20)12-4-2-3-11(7-12)13(14,15)16/h2-4,7,9-10,17-18H,5-6,8H2,1H3. The Balaban J connectivity index is 2.19. The van der Waals surface area contributed by atoms with E-state index in [4.69, 9.17) is 0 Å². The second kappa shape index (κ2) is 5.94. The summed E-state index contributed by atoms with van der Waals surface area (Å²) in [5.74, 6) is 0.144. The quantitative estimate of drug-likeness (QED) is 0.891. The largest absolute Gasteiger partial charge is 0.416 e. The van der Waals surface area contributed by atoms with Crippen LogP contribution in [0.5, 0.6) is 0 Å². The lowest BCUT2D eigenvalue weighted by Crippen LogP contribution is -2.38. The Kier molecular flexibility index (Phi) is 4.60. The van der Waals surface area contributed by atoms with E-state index in [2.05, 4.69) is 10.0 Å². The lowest BCUT2D eigenvalue weighted by atomic mass is 10.0. The van der Waals surface area contributed by atoms with E-state index in [9.17, 15) is 21.6 Å². The molecule has 1 saturated heterocycles. The molecule has 0 saturated carbocycles. The summed E-state index contributed by atoms with van der Waals surface area (Å²) in [7, 11) is -3.96. The number of rotatable bonds is 4. The molecule has 21 heavy (non-hydrogen) atoms. The first kappa shape index (κ1) is 16.3. The van der Waals surface area contributed by atoms with Crippen LogP contribution >= 0.6 is 0 Å². The fraction of sp³-hybridized carbons (Fsp3) is 0.538.